The van der Waals surface area contributed by atoms with E-state index in [-0.39, 0.29) is 29.6 Å². The number of nitrogens with one attached hydrogen (secondary N) is 1. The minimum Gasteiger partial charge on any atom is -0.348 e. The van der Waals surface area contributed by atoms with Gasteiger partial charge >= 0.3 is 0 Å². The molecule has 18 heavy (non-hydrogen) atoms. The zero-order chi connectivity index (χ0) is 13.8. The van der Waals surface area contributed by atoms with Crippen LogP contribution in [0.3, 0.4) is 0 Å². The zero-order valence-corrected chi connectivity index (χ0v) is 11.5. The summed E-state index contributed by atoms with van der Waals surface area (Å²) < 4.78 is 0. The second-order valence-electron chi connectivity index (χ2n) is 5.66. The SMILES string of the molecule is CC(=O)CC(=O)NC(c1ccccc1)C(C)(C)C. The van der Waals surface area contributed by atoms with Gasteiger partial charge in [0.15, 0.2) is 0 Å². The monoisotopic (exact) mass is 247 g/mol. The molecule has 0 spiro atoms. The highest BCUT2D eigenvalue weighted by atomic mass is 16.2. The molecule has 3 heteroatoms. The van der Waals surface area contributed by atoms with E-state index in [0.29, 0.717) is 0 Å². The zero-order valence-electron chi connectivity index (χ0n) is 11.5. The van der Waals surface area contributed by atoms with Crippen molar-refractivity contribution in [2.75, 3.05) is 0 Å². The second kappa shape index (κ2) is 5.80. The maximum Gasteiger partial charge on any atom is 0.227 e. The molecule has 1 aromatic carbocycles. The topological polar surface area (TPSA) is 46.2 Å². The molecule has 0 aliphatic carbocycles. The van der Waals surface area contributed by atoms with Crippen LogP contribution in [0.25, 0.3) is 0 Å². The van der Waals surface area contributed by atoms with Crippen LogP contribution in [0.2, 0.25) is 0 Å². The summed E-state index contributed by atoms with van der Waals surface area (Å²) in [6.07, 6.45) is -0.0561. The van der Waals surface area contributed by atoms with Crippen molar-refractivity contribution >= 4 is 11.7 Å². The molecule has 0 saturated carbocycles. The fourth-order valence-corrected chi connectivity index (χ4v) is 1.88. The first kappa shape index (κ1) is 14.4. The fourth-order valence-electron chi connectivity index (χ4n) is 1.88. The Labute approximate surface area is 109 Å². The minimum atomic E-state index is -0.216. The largest absolute Gasteiger partial charge is 0.348 e. The van der Waals surface area contributed by atoms with Gasteiger partial charge in [0, 0.05) is 0 Å². The molecule has 1 aromatic rings. The average Bonchev–Trinajstić information content (AvgIpc) is 2.24. The van der Waals surface area contributed by atoms with Crippen molar-refractivity contribution in [3.63, 3.8) is 0 Å². The van der Waals surface area contributed by atoms with E-state index in [1.165, 1.54) is 6.92 Å². The van der Waals surface area contributed by atoms with E-state index in [2.05, 4.69) is 26.1 Å². The third kappa shape index (κ3) is 4.32. The Bertz CT molecular complexity index is 418. The summed E-state index contributed by atoms with van der Waals surface area (Å²) in [7, 11) is 0. The van der Waals surface area contributed by atoms with Crippen molar-refractivity contribution in [1.29, 1.82) is 0 Å². The van der Waals surface area contributed by atoms with Crippen LogP contribution >= 0.6 is 0 Å². The van der Waals surface area contributed by atoms with Crippen LogP contribution in [0.1, 0.15) is 45.7 Å². The first-order valence-electron chi connectivity index (χ1n) is 6.14. The van der Waals surface area contributed by atoms with E-state index in [1.807, 2.05) is 30.3 Å². The normalized spacial score (nSPS) is 12.9. The summed E-state index contributed by atoms with van der Waals surface area (Å²) in [5, 5.41) is 2.94. The first-order valence-corrected chi connectivity index (χ1v) is 6.14. The number of Topliss-reactive ketones (excluding diaryl/α,β-unsaturated/α-hetero) is 1. The number of ketones is 1. The van der Waals surface area contributed by atoms with Gasteiger partial charge in [0.1, 0.15) is 5.78 Å². The predicted octanol–water partition coefficient (Wildman–Crippen LogP) is 2.87. The molecule has 0 radical (unpaired) electrons. The van der Waals surface area contributed by atoms with Crippen molar-refractivity contribution < 1.29 is 9.59 Å². The van der Waals surface area contributed by atoms with Crippen molar-refractivity contribution in [3.8, 4) is 0 Å². The molecule has 0 bridgehead atoms. The summed E-state index contributed by atoms with van der Waals surface area (Å²) in [5.74, 6) is -0.334. The lowest BCUT2D eigenvalue weighted by Crippen LogP contribution is -2.37. The molecule has 0 aromatic heterocycles. The number of rotatable bonds is 4. The summed E-state index contributed by atoms with van der Waals surface area (Å²) in [4.78, 5) is 22.7. The third-order valence-corrected chi connectivity index (χ3v) is 2.71. The van der Waals surface area contributed by atoms with Gasteiger partial charge in [-0.1, -0.05) is 51.1 Å². The smallest absolute Gasteiger partial charge is 0.227 e. The Balaban J connectivity index is 2.88. The van der Waals surface area contributed by atoms with Gasteiger partial charge in [0.25, 0.3) is 0 Å². The molecule has 1 atom stereocenters. The lowest BCUT2D eigenvalue weighted by atomic mass is 9.82. The molecule has 1 amide bonds. The lowest BCUT2D eigenvalue weighted by molar-refractivity contribution is -0.128. The van der Waals surface area contributed by atoms with Crippen LogP contribution in [0.15, 0.2) is 30.3 Å². The Morgan fingerprint density at radius 2 is 1.72 bits per heavy atom. The molecule has 0 saturated heterocycles. The number of hydrogen-bond donors (Lipinski definition) is 1. The molecule has 1 unspecified atom stereocenters. The molecule has 1 N–H and O–H groups in total. The molecule has 0 heterocycles. The lowest BCUT2D eigenvalue weighted by Gasteiger charge is -2.32. The van der Waals surface area contributed by atoms with Gasteiger partial charge in [-0.05, 0) is 17.9 Å². The molecule has 0 aliphatic rings. The molecule has 1 rings (SSSR count). The third-order valence-electron chi connectivity index (χ3n) is 2.71. The van der Waals surface area contributed by atoms with Gasteiger partial charge in [-0.15, -0.1) is 0 Å². The van der Waals surface area contributed by atoms with Crippen LogP contribution in [-0.2, 0) is 9.59 Å². The highest BCUT2D eigenvalue weighted by Gasteiger charge is 2.27. The van der Waals surface area contributed by atoms with Crippen molar-refractivity contribution in [2.24, 2.45) is 5.41 Å². The Morgan fingerprint density at radius 1 is 1.17 bits per heavy atom. The molecule has 0 aliphatic heterocycles. The predicted molar refractivity (Wildman–Crippen MR) is 72.1 cm³/mol. The molecule has 98 valence electrons. The van der Waals surface area contributed by atoms with Gasteiger partial charge in [0.2, 0.25) is 5.91 Å². The van der Waals surface area contributed by atoms with E-state index < -0.39 is 0 Å². The van der Waals surface area contributed by atoms with Crippen LogP contribution in [0, 0.1) is 5.41 Å². The summed E-state index contributed by atoms with van der Waals surface area (Å²) in [6, 6.07) is 9.73. The number of benzene rings is 1. The highest BCUT2D eigenvalue weighted by Crippen LogP contribution is 2.32. The first-order chi connectivity index (χ1) is 8.30. The van der Waals surface area contributed by atoms with Gasteiger partial charge in [-0.3, -0.25) is 9.59 Å². The van der Waals surface area contributed by atoms with Crippen LogP contribution in [-0.4, -0.2) is 11.7 Å². The molecular weight excluding hydrogens is 226 g/mol. The summed E-state index contributed by atoms with van der Waals surface area (Å²) in [5.41, 5.74) is 0.954. The summed E-state index contributed by atoms with van der Waals surface area (Å²) >= 11 is 0. The Hall–Kier alpha value is -1.64. The van der Waals surface area contributed by atoms with Gasteiger partial charge < -0.3 is 5.32 Å². The van der Waals surface area contributed by atoms with Crippen molar-refractivity contribution in [3.05, 3.63) is 35.9 Å². The number of hydrogen-bond acceptors (Lipinski definition) is 2. The Kier molecular flexibility index (Phi) is 4.65. The standard InChI is InChI=1S/C15H21NO2/c1-11(17)10-13(18)16-14(15(2,3)4)12-8-6-5-7-9-12/h5-9,14H,10H2,1-4H3,(H,16,18). The van der Waals surface area contributed by atoms with Crippen molar-refractivity contribution in [2.45, 2.75) is 40.2 Å². The van der Waals surface area contributed by atoms with Crippen LogP contribution in [0.4, 0.5) is 0 Å². The van der Waals surface area contributed by atoms with E-state index in [1.54, 1.807) is 0 Å². The summed E-state index contributed by atoms with van der Waals surface area (Å²) in [6.45, 7) is 7.63. The van der Waals surface area contributed by atoms with Crippen molar-refractivity contribution in [1.82, 2.24) is 5.32 Å². The van der Waals surface area contributed by atoms with Gasteiger partial charge in [-0.25, -0.2) is 0 Å². The average molecular weight is 247 g/mol. The molecule has 3 nitrogen and oxygen atoms in total. The molecule has 0 fully saturated rings. The van der Waals surface area contributed by atoms with E-state index in [9.17, 15) is 9.59 Å². The van der Waals surface area contributed by atoms with E-state index in [0.717, 1.165) is 5.56 Å². The maximum absolute atomic E-state index is 11.8. The van der Waals surface area contributed by atoms with Gasteiger partial charge in [-0.2, -0.15) is 0 Å². The van der Waals surface area contributed by atoms with Gasteiger partial charge in [0.05, 0.1) is 12.5 Å². The minimum absolute atomic E-state index is 0.0561. The number of carbonyl (C=O) groups excluding carboxylic acids is 2. The Morgan fingerprint density at radius 3 is 2.17 bits per heavy atom. The number of carbonyl (C=O) groups is 2. The van der Waals surface area contributed by atoms with E-state index >= 15 is 0 Å². The molecular formula is C15H21NO2. The fraction of sp³-hybridized carbons (Fsp3) is 0.467. The van der Waals surface area contributed by atoms with Crippen LogP contribution < -0.4 is 5.32 Å². The quantitative estimate of drug-likeness (QED) is 0.832. The van der Waals surface area contributed by atoms with Crippen LogP contribution in [0.5, 0.6) is 0 Å². The second-order valence-corrected chi connectivity index (χ2v) is 5.66. The highest BCUT2D eigenvalue weighted by molar-refractivity contribution is 5.96. The number of amides is 1. The maximum atomic E-state index is 11.8. The van der Waals surface area contributed by atoms with E-state index in [4.69, 9.17) is 0 Å².